The summed E-state index contributed by atoms with van der Waals surface area (Å²) in [4.78, 5) is 2.35. The zero-order valence-corrected chi connectivity index (χ0v) is 13.8. The van der Waals surface area contributed by atoms with Gasteiger partial charge in [0, 0.05) is 23.2 Å². The number of ether oxygens (including phenoxy) is 1. The minimum Gasteiger partial charge on any atom is -0.497 e. The molecule has 0 heterocycles. The van der Waals surface area contributed by atoms with E-state index in [9.17, 15) is 0 Å². The second-order valence-corrected chi connectivity index (χ2v) is 5.66. The van der Waals surface area contributed by atoms with E-state index in [1.54, 1.807) is 7.11 Å². The second kappa shape index (κ2) is 6.80. The summed E-state index contributed by atoms with van der Waals surface area (Å²) >= 11 is 3.62. The molecule has 2 rings (SSSR count). The fourth-order valence-electron chi connectivity index (χ4n) is 2.15. The maximum absolute atomic E-state index is 5.31. The molecule has 0 saturated heterocycles. The number of rotatable bonds is 5. The number of hydrogen-bond acceptors (Lipinski definition) is 2. The Kier molecular flexibility index (Phi) is 5.07. The molecule has 0 unspecified atom stereocenters. The highest BCUT2D eigenvalue weighted by molar-refractivity contribution is 9.10. The maximum atomic E-state index is 5.31. The lowest BCUT2D eigenvalue weighted by Gasteiger charge is -2.24. The Labute approximate surface area is 129 Å². The number of aryl methyl sites for hydroxylation is 1. The van der Waals surface area contributed by atoms with Gasteiger partial charge in [0.1, 0.15) is 5.75 Å². The molecule has 0 bridgehead atoms. The van der Waals surface area contributed by atoms with Crippen molar-refractivity contribution in [1.82, 2.24) is 0 Å². The zero-order chi connectivity index (χ0) is 14.5. The van der Waals surface area contributed by atoms with E-state index in [1.807, 2.05) is 12.1 Å². The largest absolute Gasteiger partial charge is 0.497 e. The van der Waals surface area contributed by atoms with Crippen molar-refractivity contribution in [3.63, 3.8) is 0 Å². The van der Waals surface area contributed by atoms with Crippen LogP contribution in [0.15, 0.2) is 46.9 Å². The minimum atomic E-state index is 0.858. The molecule has 0 spiro atoms. The molecule has 0 aromatic heterocycles. The monoisotopic (exact) mass is 333 g/mol. The van der Waals surface area contributed by atoms with Crippen molar-refractivity contribution in [2.45, 2.75) is 20.4 Å². The van der Waals surface area contributed by atoms with Gasteiger partial charge in [0.05, 0.1) is 7.11 Å². The molecule has 0 radical (unpaired) electrons. The number of halogens is 1. The summed E-state index contributed by atoms with van der Waals surface area (Å²) in [7, 11) is 1.70. The van der Waals surface area contributed by atoms with Gasteiger partial charge in [0.2, 0.25) is 0 Å². The molecule has 0 aliphatic rings. The van der Waals surface area contributed by atoms with Crippen LogP contribution in [0, 0.1) is 6.92 Å². The van der Waals surface area contributed by atoms with E-state index < -0.39 is 0 Å². The fourth-order valence-corrected chi connectivity index (χ4v) is 2.52. The van der Waals surface area contributed by atoms with Gasteiger partial charge < -0.3 is 9.64 Å². The smallest absolute Gasteiger partial charge is 0.119 e. The van der Waals surface area contributed by atoms with Crippen molar-refractivity contribution in [2.24, 2.45) is 0 Å². The topological polar surface area (TPSA) is 12.5 Å². The first-order chi connectivity index (χ1) is 9.63. The van der Waals surface area contributed by atoms with Gasteiger partial charge in [-0.05, 0) is 49.7 Å². The number of methoxy groups -OCH3 is 1. The summed E-state index contributed by atoms with van der Waals surface area (Å²) < 4.78 is 6.42. The maximum Gasteiger partial charge on any atom is 0.119 e. The molecule has 0 aliphatic carbocycles. The van der Waals surface area contributed by atoms with E-state index in [4.69, 9.17) is 4.74 Å². The van der Waals surface area contributed by atoms with E-state index in [0.29, 0.717) is 0 Å². The van der Waals surface area contributed by atoms with Crippen LogP contribution in [-0.4, -0.2) is 13.7 Å². The summed E-state index contributed by atoms with van der Waals surface area (Å²) in [6.45, 7) is 6.11. The highest BCUT2D eigenvalue weighted by atomic mass is 79.9. The van der Waals surface area contributed by atoms with Gasteiger partial charge in [-0.1, -0.05) is 33.6 Å². The molecule has 0 aliphatic heterocycles. The van der Waals surface area contributed by atoms with Crippen LogP contribution in [0.25, 0.3) is 0 Å². The van der Waals surface area contributed by atoms with Crippen LogP contribution >= 0.6 is 15.9 Å². The molecule has 20 heavy (non-hydrogen) atoms. The molecule has 2 nitrogen and oxygen atoms in total. The number of hydrogen-bond donors (Lipinski definition) is 0. The Bertz CT molecular complexity index is 566. The Morgan fingerprint density at radius 2 is 1.80 bits per heavy atom. The summed E-state index contributed by atoms with van der Waals surface area (Å²) in [6, 6.07) is 14.7. The van der Waals surface area contributed by atoms with Crippen LogP contribution in [0.5, 0.6) is 5.75 Å². The van der Waals surface area contributed by atoms with Crippen LogP contribution in [0.4, 0.5) is 5.69 Å². The Hall–Kier alpha value is -1.48. The highest BCUT2D eigenvalue weighted by Crippen LogP contribution is 2.26. The van der Waals surface area contributed by atoms with Crippen molar-refractivity contribution < 1.29 is 4.74 Å². The predicted octanol–water partition coefficient (Wildman–Crippen LogP) is 4.79. The number of benzene rings is 2. The average Bonchev–Trinajstić information content (AvgIpc) is 2.47. The van der Waals surface area contributed by atoms with Gasteiger partial charge in [0.25, 0.3) is 0 Å². The third kappa shape index (κ3) is 3.54. The molecule has 0 fully saturated rings. The lowest BCUT2D eigenvalue weighted by Crippen LogP contribution is -2.22. The quantitative estimate of drug-likeness (QED) is 0.779. The van der Waals surface area contributed by atoms with Gasteiger partial charge in [-0.15, -0.1) is 0 Å². The van der Waals surface area contributed by atoms with E-state index >= 15 is 0 Å². The normalized spacial score (nSPS) is 10.4. The minimum absolute atomic E-state index is 0.858. The van der Waals surface area contributed by atoms with Crippen LogP contribution < -0.4 is 9.64 Å². The molecule has 0 atom stereocenters. The highest BCUT2D eigenvalue weighted by Gasteiger charge is 2.09. The second-order valence-electron chi connectivity index (χ2n) is 4.81. The molecule has 0 amide bonds. The van der Waals surface area contributed by atoms with Crippen molar-refractivity contribution in [3.8, 4) is 5.75 Å². The first-order valence-electron chi connectivity index (χ1n) is 6.78. The number of nitrogens with zero attached hydrogens (tertiary/aromatic N) is 1. The van der Waals surface area contributed by atoms with Crippen LogP contribution in [0.3, 0.4) is 0 Å². The van der Waals surface area contributed by atoms with Gasteiger partial charge in [-0.2, -0.15) is 0 Å². The third-order valence-corrected chi connectivity index (χ3v) is 4.17. The van der Waals surface area contributed by atoms with E-state index in [1.165, 1.54) is 16.8 Å². The fraction of sp³-hybridized carbons (Fsp3) is 0.294. The zero-order valence-electron chi connectivity index (χ0n) is 12.2. The average molecular weight is 334 g/mol. The Balaban J connectivity index is 2.23. The van der Waals surface area contributed by atoms with Crippen LogP contribution in [-0.2, 0) is 6.54 Å². The van der Waals surface area contributed by atoms with E-state index in [2.05, 4.69) is 65.0 Å². The van der Waals surface area contributed by atoms with Crippen molar-refractivity contribution in [2.75, 3.05) is 18.6 Å². The Morgan fingerprint density at radius 1 is 1.10 bits per heavy atom. The predicted molar refractivity (Wildman–Crippen MR) is 88.6 cm³/mol. The number of anilines is 1. The first-order valence-corrected chi connectivity index (χ1v) is 7.57. The molecular formula is C17H20BrNO. The molecule has 3 heteroatoms. The summed E-state index contributed by atoms with van der Waals surface area (Å²) in [5.74, 6) is 0.892. The van der Waals surface area contributed by atoms with Gasteiger partial charge >= 0.3 is 0 Å². The summed E-state index contributed by atoms with van der Waals surface area (Å²) in [5.41, 5.74) is 3.76. The van der Waals surface area contributed by atoms with Gasteiger partial charge in [-0.25, -0.2) is 0 Å². The third-order valence-electron chi connectivity index (χ3n) is 3.39. The SMILES string of the molecule is CCN(Cc1cc(OC)ccc1Br)c1ccc(C)cc1. The van der Waals surface area contributed by atoms with Crippen molar-refractivity contribution in [1.29, 1.82) is 0 Å². The van der Waals surface area contributed by atoms with Crippen LogP contribution in [0.1, 0.15) is 18.1 Å². The lowest BCUT2D eigenvalue weighted by molar-refractivity contribution is 0.414. The van der Waals surface area contributed by atoms with Gasteiger partial charge in [-0.3, -0.25) is 0 Å². The Morgan fingerprint density at radius 3 is 2.40 bits per heavy atom. The van der Waals surface area contributed by atoms with E-state index in [-0.39, 0.29) is 0 Å². The lowest BCUT2D eigenvalue weighted by atomic mass is 10.1. The standard InChI is InChI=1S/C17H20BrNO/c1-4-19(15-7-5-13(2)6-8-15)12-14-11-16(20-3)9-10-17(14)18/h5-11H,4,12H2,1-3H3. The molecule has 2 aromatic rings. The van der Waals surface area contributed by atoms with Crippen molar-refractivity contribution in [3.05, 3.63) is 58.1 Å². The molecular weight excluding hydrogens is 314 g/mol. The van der Waals surface area contributed by atoms with Crippen LogP contribution in [0.2, 0.25) is 0 Å². The van der Waals surface area contributed by atoms with E-state index in [0.717, 1.165) is 23.3 Å². The molecule has 106 valence electrons. The molecule has 0 N–H and O–H groups in total. The molecule has 2 aromatic carbocycles. The van der Waals surface area contributed by atoms with Gasteiger partial charge in [0.15, 0.2) is 0 Å². The summed E-state index contributed by atoms with van der Waals surface area (Å²) in [5, 5.41) is 0. The molecule has 0 saturated carbocycles. The summed E-state index contributed by atoms with van der Waals surface area (Å²) in [6.07, 6.45) is 0. The van der Waals surface area contributed by atoms with Crippen molar-refractivity contribution >= 4 is 21.6 Å². The first kappa shape index (κ1) is 14.9.